The second-order valence-electron chi connectivity index (χ2n) is 8.90. The first kappa shape index (κ1) is 22.9. The third-order valence-corrected chi connectivity index (χ3v) is 6.69. The lowest BCUT2D eigenvalue weighted by Crippen LogP contribution is -2.61. The number of anilines is 1. The first-order chi connectivity index (χ1) is 16.3. The van der Waals surface area contributed by atoms with Crippen LogP contribution in [0.1, 0.15) is 23.2 Å². The van der Waals surface area contributed by atoms with Crippen LogP contribution in [-0.4, -0.2) is 107 Å². The number of Topliss-reactive ketones (excluding diaryl/α,β-unsaturated/α-hetero) is 1. The number of hydrogen-bond acceptors (Lipinski definition) is 9. The van der Waals surface area contributed by atoms with Gasteiger partial charge in [-0.15, -0.1) is 0 Å². The molecule has 0 unspecified atom stereocenters. The summed E-state index contributed by atoms with van der Waals surface area (Å²) >= 11 is 0. The average molecular weight is 480 g/mol. The molecule has 0 spiro atoms. The fourth-order valence-electron chi connectivity index (χ4n) is 4.98. The van der Waals surface area contributed by atoms with Crippen LogP contribution >= 0.6 is 0 Å². The maximum atomic E-state index is 14.0. The third-order valence-electron chi connectivity index (χ3n) is 6.69. The van der Waals surface area contributed by atoms with Crippen molar-refractivity contribution in [3.8, 4) is 0 Å². The van der Waals surface area contributed by atoms with Gasteiger partial charge in [0.05, 0.1) is 31.9 Å². The summed E-state index contributed by atoms with van der Waals surface area (Å²) in [5.41, 5.74) is 0.216. The molecule has 0 aromatic carbocycles. The average Bonchev–Trinajstić information content (AvgIpc) is 3.46. The largest absolute Gasteiger partial charge is 0.408 e. The van der Waals surface area contributed by atoms with Gasteiger partial charge >= 0.3 is 6.18 Å². The van der Waals surface area contributed by atoms with E-state index in [-0.39, 0.29) is 43.2 Å². The zero-order valence-electron chi connectivity index (χ0n) is 18.5. The molecule has 0 radical (unpaired) electrons. The van der Waals surface area contributed by atoms with E-state index < -0.39 is 24.5 Å². The van der Waals surface area contributed by atoms with Gasteiger partial charge in [0, 0.05) is 37.9 Å². The number of carbonyl (C=O) groups excluding carboxylic acids is 1. The first-order valence-electron chi connectivity index (χ1n) is 11.4. The number of carbonyl (C=O) groups is 1. The number of guanidine groups is 1. The van der Waals surface area contributed by atoms with Crippen molar-refractivity contribution >= 4 is 17.6 Å². The Morgan fingerprint density at radius 1 is 1.32 bits per heavy atom. The minimum Gasteiger partial charge on any atom is -0.395 e. The predicted octanol–water partition coefficient (Wildman–Crippen LogP) is 1.29. The molecule has 2 bridgehead atoms. The van der Waals surface area contributed by atoms with Gasteiger partial charge in [-0.3, -0.25) is 4.79 Å². The van der Waals surface area contributed by atoms with E-state index >= 15 is 0 Å². The molecule has 4 aliphatic heterocycles. The minimum absolute atomic E-state index is 0.0724. The van der Waals surface area contributed by atoms with Crippen LogP contribution in [0.5, 0.6) is 0 Å². The summed E-state index contributed by atoms with van der Waals surface area (Å²) in [6, 6.07) is 1.49. The Kier molecular flexibility index (Phi) is 6.11. The van der Waals surface area contributed by atoms with Crippen molar-refractivity contribution in [2.75, 3.05) is 51.3 Å². The molecule has 5 rings (SSSR count). The van der Waals surface area contributed by atoms with E-state index in [0.29, 0.717) is 37.9 Å². The number of ether oxygens (including phenoxy) is 1. The summed E-state index contributed by atoms with van der Waals surface area (Å²) in [5.74, 6) is 0.851. The lowest BCUT2D eigenvalue weighted by Gasteiger charge is -2.46. The standard InChI is InChI=1S/C22H27F3N6O3/c23-22(24,25)18-3-6-29-7-4-20(30-11-16-9-15(30)13-34-16)28-21(29)31(18)12-17(33)14-1-2-19(27-10-14)26-5-8-32/h1-2,4,10,15-16,18,32H,3,5-9,11-13H2,(H,26,27)/t15-,16-,18-/m0/s1. The second kappa shape index (κ2) is 9.06. The number of aliphatic hydroxyl groups is 1. The van der Waals surface area contributed by atoms with E-state index in [4.69, 9.17) is 9.84 Å². The molecular weight excluding hydrogens is 453 g/mol. The molecule has 34 heavy (non-hydrogen) atoms. The molecule has 0 amide bonds. The Balaban J connectivity index is 1.38. The number of fused-ring (bicyclic) bond motifs is 3. The number of aliphatic hydroxyl groups excluding tert-OH is 1. The molecule has 0 saturated carbocycles. The third kappa shape index (κ3) is 4.43. The summed E-state index contributed by atoms with van der Waals surface area (Å²) in [5, 5.41) is 11.8. The number of morpholine rings is 1. The monoisotopic (exact) mass is 480 g/mol. The number of alkyl halides is 3. The molecule has 5 heterocycles. The van der Waals surface area contributed by atoms with Crippen molar-refractivity contribution in [2.24, 2.45) is 4.99 Å². The number of halogens is 3. The van der Waals surface area contributed by atoms with Gasteiger partial charge in [0.15, 0.2) is 5.78 Å². The number of nitrogens with one attached hydrogen (secondary N) is 1. The molecule has 3 atom stereocenters. The van der Waals surface area contributed by atoms with Crippen LogP contribution in [0.4, 0.5) is 19.0 Å². The number of likely N-dealkylation sites (tertiary alicyclic amines) is 1. The quantitative estimate of drug-likeness (QED) is 0.564. The van der Waals surface area contributed by atoms with Crippen molar-refractivity contribution in [1.82, 2.24) is 19.7 Å². The van der Waals surface area contributed by atoms with Crippen LogP contribution in [-0.2, 0) is 4.74 Å². The van der Waals surface area contributed by atoms with Gasteiger partial charge in [-0.25, -0.2) is 4.98 Å². The highest BCUT2D eigenvalue weighted by Crippen LogP contribution is 2.35. The van der Waals surface area contributed by atoms with E-state index in [9.17, 15) is 18.0 Å². The van der Waals surface area contributed by atoms with Crippen molar-refractivity contribution in [3.05, 3.63) is 35.8 Å². The summed E-state index contributed by atoms with van der Waals surface area (Å²) in [6.45, 7) is 1.73. The highest BCUT2D eigenvalue weighted by Gasteiger charge is 2.49. The Labute approximate surface area is 194 Å². The van der Waals surface area contributed by atoms with E-state index in [0.717, 1.165) is 11.3 Å². The lowest BCUT2D eigenvalue weighted by molar-refractivity contribution is -0.179. The molecule has 1 aromatic rings. The molecule has 3 saturated heterocycles. The Bertz CT molecular complexity index is 983. The molecule has 2 N–H and O–H groups in total. The highest BCUT2D eigenvalue weighted by atomic mass is 19.4. The van der Waals surface area contributed by atoms with E-state index in [2.05, 4.69) is 20.2 Å². The molecule has 3 fully saturated rings. The molecule has 0 aliphatic carbocycles. The Morgan fingerprint density at radius 2 is 2.18 bits per heavy atom. The van der Waals surface area contributed by atoms with Gasteiger partial charge in [0.1, 0.15) is 17.7 Å². The number of aromatic nitrogens is 1. The Hall–Kier alpha value is -2.86. The zero-order valence-corrected chi connectivity index (χ0v) is 18.5. The van der Waals surface area contributed by atoms with Crippen LogP contribution in [0.2, 0.25) is 0 Å². The minimum atomic E-state index is -4.49. The summed E-state index contributed by atoms with van der Waals surface area (Å²) < 4.78 is 47.6. The van der Waals surface area contributed by atoms with E-state index in [1.54, 1.807) is 11.0 Å². The first-order valence-corrected chi connectivity index (χ1v) is 11.4. The van der Waals surface area contributed by atoms with Gasteiger partial charge in [-0.2, -0.15) is 18.2 Å². The number of nitrogens with zero attached hydrogens (tertiary/aromatic N) is 5. The summed E-state index contributed by atoms with van der Waals surface area (Å²) in [7, 11) is 0. The van der Waals surface area contributed by atoms with Crippen molar-refractivity contribution in [3.63, 3.8) is 0 Å². The molecular formula is C22H27F3N6O3. The molecule has 4 aliphatic rings. The highest BCUT2D eigenvalue weighted by molar-refractivity contribution is 6.00. The van der Waals surface area contributed by atoms with Crippen LogP contribution in [0.15, 0.2) is 35.2 Å². The normalized spacial score (nSPS) is 26.4. The van der Waals surface area contributed by atoms with Crippen LogP contribution < -0.4 is 5.32 Å². The smallest absolute Gasteiger partial charge is 0.395 e. The summed E-state index contributed by atoms with van der Waals surface area (Å²) in [4.78, 5) is 26.8. The fraction of sp³-hybridized carbons (Fsp3) is 0.591. The number of ketones is 1. The van der Waals surface area contributed by atoms with Gasteiger partial charge in [0.2, 0.25) is 5.96 Å². The molecule has 9 nitrogen and oxygen atoms in total. The number of aliphatic imine (C=N–C) groups is 1. The number of rotatable bonds is 7. The topological polar surface area (TPSA) is 93.5 Å². The van der Waals surface area contributed by atoms with Crippen molar-refractivity contribution in [2.45, 2.75) is 37.2 Å². The maximum Gasteiger partial charge on any atom is 0.408 e. The van der Waals surface area contributed by atoms with Crippen molar-refractivity contribution < 1.29 is 27.8 Å². The molecule has 184 valence electrons. The van der Waals surface area contributed by atoms with Gasteiger partial charge in [-0.1, -0.05) is 0 Å². The van der Waals surface area contributed by atoms with Gasteiger partial charge in [0.25, 0.3) is 0 Å². The zero-order chi connectivity index (χ0) is 23.9. The second-order valence-corrected chi connectivity index (χ2v) is 8.90. The fourth-order valence-corrected chi connectivity index (χ4v) is 4.98. The Morgan fingerprint density at radius 3 is 2.82 bits per heavy atom. The number of hydrogen-bond donors (Lipinski definition) is 2. The van der Waals surface area contributed by atoms with Crippen LogP contribution in [0.25, 0.3) is 0 Å². The molecule has 1 aromatic heterocycles. The van der Waals surface area contributed by atoms with E-state index in [1.165, 1.54) is 12.3 Å². The predicted molar refractivity (Wildman–Crippen MR) is 117 cm³/mol. The van der Waals surface area contributed by atoms with E-state index in [1.807, 2.05) is 6.08 Å². The van der Waals surface area contributed by atoms with Gasteiger partial charge < -0.3 is 29.9 Å². The number of pyridine rings is 1. The lowest BCUT2D eigenvalue weighted by atomic mass is 10.1. The SMILES string of the molecule is O=C(CN1C2=NC(N3C[C@@H]4C[C@H]3CO4)=CCN2CC[C@H]1C(F)(F)F)c1ccc(NCCO)nc1. The van der Waals surface area contributed by atoms with Crippen molar-refractivity contribution in [1.29, 1.82) is 0 Å². The maximum absolute atomic E-state index is 14.0. The van der Waals surface area contributed by atoms with Crippen LogP contribution in [0, 0.1) is 0 Å². The van der Waals surface area contributed by atoms with Crippen LogP contribution in [0.3, 0.4) is 0 Å². The molecule has 12 heteroatoms. The summed E-state index contributed by atoms with van der Waals surface area (Å²) in [6.07, 6.45) is -0.313. The van der Waals surface area contributed by atoms with Gasteiger partial charge in [-0.05, 0) is 31.1 Å².